The molecular weight excluding hydrogens is 238 g/mol. The average molecular weight is 249 g/mol. The molecule has 0 unspecified atom stereocenters. The van der Waals surface area contributed by atoms with E-state index in [2.05, 4.69) is 5.10 Å². The molecule has 0 aromatic carbocycles. The van der Waals surface area contributed by atoms with Crippen molar-refractivity contribution < 1.29 is 14.6 Å². The first-order valence-corrected chi connectivity index (χ1v) is 5.07. The number of aromatic carboxylic acids is 1. The molecule has 94 valence electrons. The normalized spacial score (nSPS) is 10.3. The van der Waals surface area contributed by atoms with Gasteiger partial charge in [-0.2, -0.15) is 5.10 Å². The van der Waals surface area contributed by atoms with Crippen molar-refractivity contribution in [2.24, 2.45) is 7.05 Å². The van der Waals surface area contributed by atoms with Crippen LogP contribution in [-0.2, 0) is 7.05 Å². The Labute approximate surface area is 102 Å². The molecule has 7 nitrogen and oxygen atoms in total. The summed E-state index contributed by atoms with van der Waals surface area (Å²) in [5, 5.41) is 13.2. The molecule has 0 fully saturated rings. The van der Waals surface area contributed by atoms with E-state index in [-0.39, 0.29) is 11.4 Å². The van der Waals surface area contributed by atoms with Crippen molar-refractivity contribution in [2.45, 2.75) is 0 Å². The average Bonchev–Trinajstić information content (AvgIpc) is 2.75. The van der Waals surface area contributed by atoms with Gasteiger partial charge in [-0.3, -0.25) is 14.0 Å². The van der Waals surface area contributed by atoms with Gasteiger partial charge in [-0.1, -0.05) is 0 Å². The Bertz CT molecular complexity index is 657. The van der Waals surface area contributed by atoms with Gasteiger partial charge in [0.2, 0.25) is 5.43 Å². The number of rotatable bonds is 3. The van der Waals surface area contributed by atoms with Gasteiger partial charge in [-0.15, -0.1) is 0 Å². The van der Waals surface area contributed by atoms with Gasteiger partial charge in [0.05, 0.1) is 13.3 Å². The summed E-state index contributed by atoms with van der Waals surface area (Å²) in [7, 11) is 3.06. The smallest absolute Gasteiger partial charge is 0.353 e. The Morgan fingerprint density at radius 2 is 2.22 bits per heavy atom. The first kappa shape index (κ1) is 11.9. The van der Waals surface area contributed by atoms with Crippen LogP contribution in [0.25, 0.3) is 5.82 Å². The highest BCUT2D eigenvalue weighted by Crippen LogP contribution is 2.12. The van der Waals surface area contributed by atoms with E-state index in [1.165, 1.54) is 22.6 Å². The molecule has 1 N–H and O–H groups in total. The Kier molecular flexibility index (Phi) is 2.88. The maximum atomic E-state index is 11.5. The largest absolute Gasteiger partial charge is 0.491 e. The first-order valence-electron chi connectivity index (χ1n) is 5.07. The van der Waals surface area contributed by atoms with E-state index in [4.69, 9.17) is 9.84 Å². The minimum Gasteiger partial charge on any atom is -0.491 e. The monoisotopic (exact) mass is 249 g/mol. The van der Waals surface area contributed by atoms with Gasteiger partial charge in [0.25, 0.3) is 0 Å². The molecule has 2 heterocycles. The standard InChI is InChI=1S/C11H11N3O4/c1-13-4-3-10(12-13)14-6-9(18-2)8(15)5-7(14)11(16)17/h3-6H,1-2H3,(H,16,17). The number of carboxylic acids is 1. The highest BCUT2D eigenvalue weighted by atomic mass is 16.5. The molecule has 2 aromatic rings. The van der Waals surface area contributed by atoms with E-state index in [9.17, 15) is 9.59 Å². The highest BCUT2D eigenvalue weighted by molar-refractivity contribution is 5.86. The predicted molar refractivity (Wildman–Crippen MR) is 62.3 cm³/mol. The summed E-state index contributed by atoms with van der Waals surface area (Å²) in [6.07, 6.45) is 2.99. The molecule has 0 radical (unpaired) electrons. The minimum absolute atomic E-state index is 0.0608. The van der Waals surface area contributed by atoms with E-state index >= 15 is 0 Å². The number of pyridine rings is 1. The molecule has 0 saturated carbocycles. The summed E-state index contributed by atoms with van der Waals surface area (Å²) < 4.78 is 7.72. The lowest BCUT2D eigenvalue weighted by Gasteiger charge is -2.09. The number of hydrogen-bond acceptors (Lipinski definition) is 4. The lowest BCUT2D eigenvalue weighted by atomic mass is 10.3. The lowest BCUT2D eigenvalue weighted by Crippen LogP contribution is -2.17. The molecule has 0 aliphatic rings. The fourth-order valence-electron chi connectivity index (χ4n) is 1.55. The van der Waals surface area contributed by atoms with Crippen LogP contribution in [0.15, 0.2) is 29.3 Å². The molecule has 2 rings (SSSR count). The molecule has 0 amide bonds. The maximum absolute atomic E-state index is 11.5. The van der Waals surface area contributed by atoms with Crippen molar-refractivity contribution >= 4 is 5.97 Å². The second-order valence-corrected chi connectivity index (χ2v) is 3.61. The van der Waals surface area contributed by atoms with Crippen LogP contribution < -0.4 is 10.2 Å². The molecule has 7 heteroatoms. The zero-order valence-electron chi connectivity index (χ0n) is 9.82. The first-order chi connectivity index (χ1) is 8.52. The van der Waals surface area contributed by atoms with E-state index < -0.39 is 11.4 Å². The zero-order chi connectivity index (χ0) is 13.3. The molecule has 0 atom stereocenters. The van der Waals surface area contributed by atoms with Crippen LogP contribution in [0.3, 0.4) is 0 Å². The molecule has 0 bridgehead atoms. The topological polar surface area (TPSA) is 86.3 Å². The molecule has 18 heavy (non-hydrogen) atoms. The van der Waals surface area contributed by atoms with Crippen LogP contribution in [0.5, 0.6) is 5.75 Å². The van der Waals surface area contributed by atoms with Crippen molar-refractivity contribution in [1.29, 1.82) is 0 Å². The molecule has 2 aromatic heterocycles. The lowest BCUT2D eigenvalue weighted by molar-refractivity contribution is 0.0687. The SMILES string of the molecule is COc1cn(-c2ccn(C)n2)c(C(=O)O)cc1=O. The van der Waals surface area contributed by atoms with Crippen molar-refractivity contribution in [3.8, 4) is 11.6 Å². The third-order valence-corrected chi connectivity index (χ3v) is 2.40. The van der Waals surface area contributed by atoms with Gasteiger partial charge in [-0.25, -0.2) is 4.79 Å². The fraction of sp³-hybridized carbons (Fsp3) is 0.182. The van der Waals surface area contributed by atoms with Gasteiger partial charge in [0.15, 0.2) is 11.6 Å². The summed E-state index contributed by atoms with van der Waals surface area (Å²) in [5.41, 5.74) is -0.651. The third-order valence-electron chi connectivity index (χ3n) is 2.40. The molecule has 0 spiro atoms. The number of hydrogen-bond donors (Lipinski definition) is 1. The summed E-state index contributed by atoms with van der Waals surface area (Å²) >= 11 is 0. The molecule has 0 aliphatic heterocycles. The second kappa shape index (κ2) is 4.36. The summed E-state index contributed by atoms with van der Waals surface area (Å²) in [5.74, 6) is -0.751. The van der Waals surface area contributed by atoms with E-state index in [1.807, 2.05) is 0 Å². The fourth-order valence-corrected chi connectivity index (χ4v) is 1.55. The molecule has 0 saturated heterocycles. The quantitative estimate of drug-likeness (QED) is 0.844. The van der Waals surface area contributed by atoms with Crippen LogP contribution in [-0.4, -0.2) is 32.5 Å². The van der Waals surface area contributed by atoms with E-state index in [0.29, 0.717) is 5.82 Å². The van der Waals surface area contributed by atoms with Crippen LogP contribution in [0.4, 0.5) is 0 Å². The van der Waals surface area contributed by atoms with E-state index in [1.54, 1.807) is 19.3 Å². The highest BCUT2D eigenvalue weighted by Gasteiger charge is 2.15. The second-order valence-electron chi connectivity index (χ2n) is 3.61. The van der Waals surface area contributed by atoms with Gasteiger partial charge < -0.3 is 9.84 Å². The number of methoxy groups -OCH3 is 1. The third kappa shape index (κ3) is 1.97. The van der Waals surface area contributed by atoms with Crippen LogP contribution in [0.2, 0.25) is 0 Å². The van der Waals surface area contributed by atoms with Crippen LogP contribution in [0.1, 0.15) is 10.5 Å². The Balaban J connectivity index is 2.70. The van der Waals surface area contributed by atoms with Crippen molar-refractivity contribution in [3.05, 3.63) is 40.4 Å². The van der Waals surface area contributed by atoms with Crippen LogP contribution >= 0.6 is 0 Å². The summed E-state index contributed by atoms with van der Waals surface area (Å²) in [4.78, 5) is 22.7. The van der Waals surface area contributed by atoms with Crippen LogP contribution in [0, 0.1) is 0 Å². The van der Waals surface area contributed by atoms with Crippen molar-refractivity contribution in [1.82, 2.24) is 14.3 Å². The molecule has 0 aliphatic carbocycles. The number of ether oxygens (including phenoxy) is 1. The zero-order valence-corrected chi connectivity index (χ0v) is 9.82. The van der Waals surface area contributed by atoms with Gasteiger partial charge in [0, 0.05) is 25.4 Å². The Hall–Kier alpha value is -2.57. The van der Waals surface area contributed by atoms with Gasteiger partial charge in [-0.05, 0) is 0 Å². The summed E-state index contributed by atoms with van der Waals surface area (Å²) in [6, 6.07) is 2.65. The Morgan fingerprint density at radius 3 is 2.72 bits per heavy atom. The number of nitrogens with zero attached hydrogens (tertiary/aromatic N) is 3. The number of carboxylic acid groups (broad SMARTS) is 1. The van der Waals surface area contributed by atoms with Gasteiger partial charge >= 0.3 is 5.97 Å². The maximum Gasteiger partial charge on any atom is 0.353 e. The number of carbonyl (C=O) groups is 1. The van der Waals surface area contributed by atoms with Gasteiger partial charge in [0.1, 0.15) is 5.69 Å². The van der Waals surface area contributed by atoms with Crippen molar-refractivity contribution in [3.63, 3.8) is 0 Å². The van der Waals surface area contributed by atoms with Crippen molar-refractivity contribution in [2.75, 3.05) is 7.11 Å². The number of aryl methyl sites for hydroxylation is 1. The predicted octanol–water partition coefficient (Wildman–Crippen LogP) is 0.278. The van der Waals surface area contributed by atoms with E-state index in [0.717, 1.165) is 6.07 Å². The number of aromatic nitrogens is 3. The molecular formula is C11H11N3O4. The minimum atomic E-state index is -1.21. The Morgan fingerprint density at radius 1 is 1.50 bits per heavy atom. The summed E-state index contributed by atoms with van der Waals surface area (Å²) in [6.45, 7) is 0.